The fourth-order valence-electron chi connectivity index (χ4n) is 3.93. The van der Waals surface area contributed by atoms with E-state index in [1.165, 1.54) is 0 Å². The lowest BCUT2D eigenvalue weighted by molar-refractivity contribution is -0.117. The number of methoxy groups -OCH3 is 1. The quantitative estimate of drug-likeness (QED) is 0.630. The summed E-state index contributed by atoms with van der Waals surface area (Å²) in [5.74, 6) is 2.64. The molecule has 5 heteroatoms. The van der Waals surface area contributed by atoms with Crippen molar-refractivity contribution in [2.45, 2.75) is 39.2 Å². The number of rotatable bonds is 6. The van der Waals surface area contributed by atoms with E-state index in [4.69, 9.17) is 9.72 Å². The van der Waals surface area contributed by atoms with Crippen LogP contribution in [0.4, 0.5) is 5.69 Å². The van der Waals surface area contributed by atoms with Crippen molar-refractivity contribution in [3.8, 4) is 5.75 Å². The molecule has 0 unspecified atom stereocenters. The molecule has 0 bridgehead atoms. The Hall–Kier alpha value is -2.82. The van der Waals surface area contributed by atoms with Crippen LogP contribution in [0.3, 0.4) is 0 Å². The minimum Gasteiger partial charge on any atom is -0.497 e. The normalized spacial score (nSPS) is 18.0. The highest BCUT2D eigenvalue weighted by Crippen LogP contribution is 2.34. The maximum Gasteiger partial charge on any atom is 0.227 e. The Morgan fingerprint density at radius 1 is 1.18 bits per heavy atom. The largest absolute Gasteiger partial charge is 0.497 e. The van der Waals surface area contributed by atoms with Crippen LogP contribution >= 0.6 is 0 Å². The van der Waals surface area contributed by atoms with Gasteiger partial charge in [-0.05, 0) is 42.3 Å². The molecule has 1 fully saturated rings. The highest BCUT2D eigenvalue weighted by atomic mass is 16.5. The molecule has 0 saturated carbocycles. The number of benzene rings is 2. The zero-order valence-electron chi connectivity index (χ0n) is 16.8. The molecule has 1 aromatic heterocycles. The Morgan fingerprint density at radius 2 is 1.93 bits per heavy atom. The summed E-state index contributed by atoms with van der Waals surface area (Å²) in [5.41, 5.74) is 3.09. The Labute approximate surface area is 165 Å². The molecule has 2 heterocycles. The van der Waals surface area contributed by atoms with Gasteiger partial charge in [0.05, 0.1) is 18.1 Å². The van der Waals surface area contributed by atoms with Crippen LogP contribution in [0.15, 0.2) is 48.5 Å². The molecular formula is C23H27N3O2. The molecule has 1 saturated heterocycles. The molecule has 5 nitrogen and oxygen atoms in total. The number of para-hydroxylation sites is 2. The number of imidazole rings is 1. The van der Waals surface area contributed by atoms with Gasteiger partial charge in [0, 0.05) is 31.1 Å². The third kappa shape index (κ3) is 3.37. The lowest BCUT2D eigenvalue weighted by Gasteiger charge is -2.19. The third-order valence-electron chi connectivity index (χ3n) is 5.75. The van der Waals surface area contributed by atoms with Crippen molar-refractivity contribution >= 4 is 22.6 Å². The van der Waals surface area contributed by atoms with Crippen LogP contribution in [-0.2, 0) is 11.3 Å². The van der Waals surface area contributed by atoms with Crippen LogP contribution in [0, 0.1) is 5.92 Å². The average molecular weight is 377 g/mol. The summed E-state index contributed by atoms with van der Waals surface area (Å²) in [6, 6.07) is 16.0. The summed E-state index contributed by atoms with van der Waals surface area (Å²) >= 11 is 0. The molecule has 0 radical (unpaired) electrons. The first kappa shape index (κ1) is 18.5. The van der Waals surface area contributed by atoms with Crippen LogP contribution in [-0.4, -0.2) is 29.1 Å². The van der Waals surface area contributed by atoms with E-state index in [2.05, 4.69) is 36.6 Å². The van der Waals surface area contributed by atoms with Gasteiger partial charge in [-0.25, -0.2) is 4.98 Å². The zero-order valence-corrected chi connectivity index (χ0v) is 16.8. The second-order valence-electron chi connectivity index (χ2n) is 7.69. The zero-order chi connectivity index (χ0) is 19.7. The lowest BCUT2D eigenvalue weighted by Crippen LogP contribution is -2.24. The summed E-state index contributed by atoms with van der Waals surface area (Å²) in [6.45, 7) is 6.07. The number of fused-ring (bicyclic) bond motifs is 1. The molecule has 1 aliphatic heterocycles. The predicted molar refractivity (Wildman–Crippen MR) is 112 cm³/mol. The number of amides is 1. The number of aromatic nitrogens is 2. The van der Waals surface area contributed by atoms with Crippen molar-refractivity contribution in [3.05, 3.63) is 54.4 Å². The molecule has 0 N–H and O–H groups in total. The van der Waals surface area contributed by atoms with E-state index < -0.39 is 0 Å². The standard InChI is InChI=1S/C23H27N3O2/c1-4-16(2)14-26-21-8-6-5-7-20(21)24-23(26)17-13-22(27)25(15-17)18-9-11-19(28-3)12-10-18/h5-12,16-17H,4,13-15H2,1-3H3/t16-,17-/m0/s1. The minimum atomic E-state index is 0.103. The van der Waals surface area contributed by atoms with Gasteiger partial charge >= 0.3 is 0 Å². The molecule has 1 amide bonds. The van der Waals surface area contributed by atoms with Crippen LogP contribution in [0.5, 0.6) is 5.75 Å². The first-order chi connectivity index (χ1) is 13.6. The molecule has 0 spiro atoms. The number of hydrogen-bond donors (Lipinski definition) is 0. The van der Waals surface area contributed by atoms with Crippen LogP contribution in [0.25, 0.3) is 11.0 Å². The van der Waals surface area contributed by atoms with Gasteiger partial charge in [-0.15, -0.1) is 0 Å². The van der Waals surface area contributed by atoms with Crippen LogP contribution < -0.4 is 9.64 Å². The molecular weight excluding hydrogens is 350 g/mol. The smallest absolute Gasteiger partial charge is 0.227 e. The van der Waals surface area contributed by atoms with Gasteiger partial charge < -0.3 is 14.2 Å². The SMILES string of the molecule is CC[C@H](C)Cn1c([C@H]2CC(=O)N(c3ccc(OC)cc3)C2)nc2ccccc21. The Kier molecular flexibility index (Phi) is 5.07. The minimum absolute atomic E-state index is 0.103. The fraction of sp³-hybridized carbons (Fsp3) is 0.391. The van der Waals surface area contributed by atoms with E-state index in [0.717, 1.165) is 41.3 Å². The van der Waals surface area contributed by atoms with Gasteiger partial charge in [0.1, 0.15) is 11.6 Å². The number of nitrogens with zero attached hydrogens (tertiary/aromatic N) is 3. The van der Waals surface area contributed by atoms with Gasteiger partial charge in [-0.3, -0.25) is 4.79 Å². The van der Waals surface area contributed by atoms with E-state index in [1.54, 1.807) is 7.11 Å². The molecule has 0 aliphatic carbocycles. The van der Waals surface area contributed by atoms with E-state index in [1.807, 2.05) is 35.2 Å². The van der Waals surface area contributed by atoms with E-state index >= 15 is 0 Å². The second kappa shape index (κ2) is 7.66. The Balaban J connectivity index is 1.66. The molecule has 3 aromatic rings. The van der Waals surface area contributed by atoms with Gasteiger partial charge in [0.25, 0.3) is 0 Å². The number of carbonyl (C=O) groups is 1. The molecule has 2 atom stereocenters. The maximum atomic E-state index is 12.8. The highest BCUT2D eigenvalue weighted by molar-refractivity contribution is 5.96. The van der Waals surface area contributed by atoms with E-state index in [-0.39, 0.29) is 11.8 Å². The Bertz CT molecular complexity index is 977. The van der Waals surface area contributed by atoms with Crippen molar-refractivity contribution in [2.75, 3.05) is 18.6 Å². The summed E-state index contributed by atoms with van der Waals surface area (Å²) < 4.78 is 7.56. The highest BCUT2D eigenvalue weighted by Gasteiger charge is 2.35. The summed E-state index contributed by atoms with van der Waals surface area (Å²) in [4.78, 5) is 19.6. The van der Waals surface area contributed by atoms with E-state index in [9.17, 15) is 4.79 Å². The van der Waals surface area contributed by atoms with Crippen LogP contribution in [0.1, 0.15) is 38.4 Å². The molecule has 4 rings (SSSR count). The van der Waals surface area contributed by atoms with Gasteiger partial charge in [0.2, 0.25) is 5.91 Å². The number of ether oxygens (including phenoxy) is 1. The first-order valence-corrected chi connectivity index (χ1v) is 10.00. The summed E-state index contributed by atoms with van der Waals surface area (Å²) in [5, 5.41) is 0. The van der Waals surface area contributed by atoms with Crippen LogP contribution in [0.2, 0.25) is 0 Å². The molecule has 28 heavy (non-hydrogen) atoms. The van der Waals surface area contributed by atoms with E-state index in [0.29, 0.717) is 18.9 Å². The van der Waals surface area contributed by atoms with Crippen molar-refractivity contribution < 1.29 is 9.53 Å². The molecule has 146 valence electrons. The number of hydrogen-bond acceptors (Lipinski definition) is 3. The van der Waals surface area contributed by atoms with Gasteiger partial charge in [-0.2, -0.15) is 0 Å². The number of anilines is 1. The summed E-state index contributed by atoms with van der Waals surface area (Å²) in [7, 11) is 1.65. The fourth-order valence-corrected chi connectivity index (χ4v) is 3.93. The van der Waals surface area contributed by atoms with Gasteiger partial charge in [0.15, 0.2) is 0 Å². The molecule has 1 aliphatic rings. The maximum absolute atomic E-state index is 12.8. The Morgan fingerprint density at radius 3 is 2.64 bits per heavy atom. The van der Waals surface area contributed by atoms with Gasteiger partial charge in [-0.1, -0.05) is 32.4 Å². The predicted octanol–water partition coefficient (Wildman–Crippen LogP) is 4.61. The van der Waals surface area contributed by atoms with Crippen molar-refractivity contribution in [2.24, 2.45) is 5.92 Å². The lowest BCUT2D eigenvalue weighted by atomic mass is 10.1. The topological polar surface area (TPSA) is 47.4 Å². The first-order valence-electron chi connectivity index (χ1n) is 10.00. The summed E-state index contributed by atoms with van der Waals surface area (Å²) in [6.07, 6.45) is 1.61. The third-order valence-corrected chi connectivity index (χ3v) is 5.75. The number of carbonyl (C=O) groups excluding carboxylic acids is 1. The van der Waals surface area contributed by atoms with Crippen molar-refractivity contribution in [1.29, 1.82) is 0 Å². The average Bonchev–Trinajstić information content (AvgIpc) is 3.28. The van der Waals surface area contributed by atoms with Crippen molar-refractivity contribution in [3.63, 3.8) is 0 Å². The second-order valence-corrected chi connectivity index (χ2v) is 7.69. The monoisotopic (exact) mass is 377 g/mol. The molecule has 2 aromatic carbocycles. The van der Waals surface area contributed by atoms with Crippen molar-refractivity contribution in [1.82, 2.24) is 9.55 Å².